The first-order valence-electron chi connectivity index (χ1n) is 6.72. The van der Waals surface area contributed by atoms with E-state index in [4.69, 9.17) is 0 Å². The van der Waals surface area contributed by atoms with Gasteiger partial charge in [0.2, 0.25) is 5.91 Å². The first kappa shape index (κ1) is 15.7. The Balaban J connectivity index is 2.48. The van der Waals surface area contributed by atoms with Crippen LogP contribution in [0.25, 0.3) is 0 Å². The summed E-state index contributed by atoms with van der Waals surface area (Å²) < 4.78 is 13.1. The molecule has 1 aromatic rings. The van der Waals surface area contributed by atoms with E-state index in [0.29, 0.717) is 24.4 Å². The van der Waals surface area contributed by atoms with Crippen molar-refractivity contribution < 1.29 is 9.18 Å². The molecule has 1 N–H and O–H groups in total. The number of aryl methyl sites for hydroxylation is 1. The molecule has 0 aliphatic heterocycles. The van der Waals surface area contributed by atoms with E-state index in [1.165, 1.54) is 6.07 Å². The summed E-state index contributed by atoms with van der Waals surface area (Å²) in [6, 6.07) is 4.91. The van der Waals surface area contributed by atoms with Crippen LogP contribution < -0.4 is 5.32 Å². The van der Waals surface area contributed by atoms with Crippen molar-refractivity contribution in [1.29, 1.82) is 0 Å². The quantitative estimate of drug-likeness (QED) is 0.881. The van der Waals surface area contributed by atoms with Crippen LogP contribution in [0.3, 0.4) is 0 Å². The van der Waals surface area contributed by atoms with Gasteiger partial charge in [-0.25, -0.2) is 4.39 Å². The molecule has 106 valence electrons. The molecule has 1 amide bonds. The highest BCUT2D eigenvalue weighted by atomic mass is 19.1. The summed E-state index contributed by atoms with van der Waals surface area (Å²) in [4.78, 5) is 11.8. The Bertz CT molecular complexity index is 449. The first-order valence-corrected chi connectivity index (χ1v) is 6.72. The van der Waals surface area contributed by atoms with Crippen molar-refractivity contribution in [3.05, 3.63) is 35.1 Å². The normalized spacial score (nSPS) is 13.2. The van der Waals surface area contributed by atoms with E-state index in [0.717, 1.165) is 5.56 Å². The number of carbonyl (C=O) groups excluding carboxylic acids is 1. The van der Waals surface area contributed by atoms with Crippen molar-refractivity contribution in [1.82, 2.24) is 5.32 Å². The fraction of sp³-hybridized carbons (Fsp3) is 0.562. The average Bonchev–Trinajstić information content (AvgIpc) is 2.29. The fourth-order valence-electron chi connectivity index (χ4n) is 1.67. The third-order valence-corrected chi connectivity index (χ3v) is 3.68. The maximum absolute atomic E-state index is 13.1. The Hall–Kier alpha value is -1.38. The second kappa shape index (κ2) is 6.18. The van der Waals surface area contributed by atoms with Gasteiger partial charge in [-0.1, -0.05) is 39.8 Å². The Kier molecular flexibility index (Phi) is 5.10. The van der Waals surface area contributed by atoms with Gasteiger partial charge < -0.3 is 5.32 Å². The van der Waals surface area contributed by atoms with Gasteiger partial charge in [0.1, 0.15) is 5.82 Å². The standard InChI is InChI=1S/C16H24FNO/c1-11-8-13(6-7-14(11)17)10-18-15(19)9-12(2)16(3,4)5/h6-8,12H,9-10H2,1-5H3,(H,18,19). The monoisotopic (exact) mass is 265 g/mol. The number of hydrogen-bond acceptors (Lipinski definition) is 1. The van der Waals surface area contributed by atoms with E-state index in [1.54, 1.807) is 19.1 Å². The number of halogens is 1. The smallest absolute Gasteiger partial charge is 0.220 e. The molecule has 0 bridgehead atoms. The molecule has 0 saturated carbocycles. The average molecular weight is 265 g/mol. The Labute approximate surface area is 115 Å². The van der Waals surface area contributed by atoms with E-state index < -0.39 is 0 Å². The lowest BCUT2D eigenvalue weighted by Gasteiger charge is -2.26. The van der Waals surface area contributed by atoms with E-state index in [1.807, 2.05) is 0 Å². The predicted molar refractivity (Wildman–Crippen MR) is 76.2 cm³/mol. The van der Waals surface area contributed by atoms with Crippen LogP contribution in [-0.2, 0) is 11.3 Å². The highest BCUT2D eigenvalue weighted by Gasteiger charge is 2.22. The molecule has 0 aliphatic carbocycles. The Morgan fingerprint density at radius 2 is 2.00 bits per heavy atom. The minimum Gasteiger partial charge on any atom is -0.352 e. The van der Waals surface area contributed by atoms with Crippen molar-refractivity contribution in [2.24, 2.45) is 11.3 Å². The van der Waals surface area contributed by atoms with Crippen molar-refractivity contribution in [3.63, 3.8) is 0 Å². The summed E-state index contributed by atoms with van der Waals surface area (Å²) in [5, 5.41) is 2.89. The van der Waals surface area contributed by atoms with Crippen LogP contribution in [0.1, 0.15) is 45.2 Å². The van der Waals surface area contributed by atoms with Crippen LogP contribution in [0.2, 0.25) is 0 Å². The molecule has 0 radical (unpaired) electrons. The van der Waals surface area contributed by atoms with Crippen LogP contribution in [0.15, 0.2) is 18.2 Å². The van der Waals surface area contributed by atoms with Gasteiger partial charge in [0.15, 0.2) is 0 Å². The Morgan fingerprint density at radius 3 is 2.53 bits per heavy atom. The van der Waals surface area contributed by atoms with Gasteiger partial charge in [0, 0.05) is 13.0 Å². The molecule has 1 unspecified atom stereocenters. The van der Waals surface area contributed by atoms with Crippen LogP contribution in [0.5, 0.6) is 0 Å². The highest BCUT2D eigenvalue weighted by Crippen LogP contribution is 2.27. The molecule has 0 saturated heterocycles. The summed E-state index contributed by atoms with van der Waals surface area (Å²) in [5.74, 6) is 0.156. The van der Waals surface area contributed by atoms with E-state index >= 15 is 0 Å². The maximum Gasteiger partial charge on any atom is 0.220 e. The molecule has 1 atom stereocenters. The van der Waals surface area contributed by atoms with Crippen molar-refractivity contribution in [2.45, 2.75) is 47.6 Å². The number of benzene rings is 1. The molecule has 0 aliphatic rings. The molecule has 2 nitrogen and oxygen atoms in total. The summed E-state index contributed by atoms with van der Waals surface area (Å²) in [5.41, 5.74) is 1.66. The molecule has 0 heterocycles. The number of nitrogens with one attached hydrogen (secondary N) is 1. The van der Waals surface area contributed by atoms with Gasteiger partial charge in [-0.2, -0.15) is 0 Å². The summed E-state index contributed by atoms with van der Waals surface area (Å²) in [7, 11) is 0. The van der Waals surface area contributed by atoms with Gasteiger partial charge in [-0.05, 0) is 35.4 Å². The van der Waals surface area contributed by atoms with Crippen LogP contribution in [0.4, 0.5) is 4.39 Å². The van der Waals surface area contributed by atoms with Crippen LogP contribution in [-0.4, -0.2) is 5.91 Å². The molecular weight excluding hydrogens is 241 g/mol. The zero-order valence-electron chi connectivity index (χ0n) is 12.5. The Morgan fingerprint density at radius 1 is 1.37 bits per heavy atom. The molecule has 1 rings (SSSR count). The zero-order valence-corrected chi connectivity index (χ0v) is 12.5. The van der Waals surface area contributed by atoms with Crippen molar-refractivity contribution in [3.8, 4) is 0 Å². The number of hydrogen-bond donors (Lipinski definition) is 1. The van der Waals surface area contributed by atoms with Crippen LogP contribution in [0, 0.1) is 24.1 Å². The third-order valence-electron chi connectivity index (χ3n) is 3.68. The maximum atomic E-state index is 13.1. The van der Waals surface area contributed by atoms with E-state index in [-0.39, 0.29) is 17.1 Å². The first-order chi connectivity index (χ1) is 8.70. The lowest BCUT2D eigenvalue weighted by Crippen LogP contribution is -2.28. The topological polar surface area (TPSA) is 29.1 Å². The van der Waals surface area contributed by atoms with Gasteiger partial charge in [-0.3, -0.25) is 4.79 Å². The van der Waals surface area contributed by atoms with E-state index in [2.05, 4.69) is 33.0 Å². The fourth-order valence-corrected chi connectivity index (χ4v) is 1.67. The molecule has 19 heavy (non-hydrogen) atoms. The summed E-state index contributed by atoms with van der Waals surface area (Å²) in [6.45, 7) is 10.7. The molecule has 0 aromatic heterocycles. The lowest BCUT2D eigenvalue weighted by atomic mass is 9.80. The predicted octanol–water partition coefficient (Wildman–Crippen LogP) is 3.82. The minimum atomic E-state index is -0.212. The minimum absolute atomic E-state index is 0.0457. The molecular formula is C16H24FNO. The zero-order chi connectivity index (χ0) is 14.6. The number of rotatable bonds is 4. The van der Waals surface area contributed by atoms with Crippen molar-refractivity contribution in [2.75, 3.05) is 0 Å². The van der Waals surface area contributed by atoms with Crippen LogP contribution >= 0.6 is 0 Å². The number of amides is 1. The molecule has 1 aromatic carbocycles. The largest absolute Gasteiger partial charge is 0.352 e. The summed E-state index contributed by atoms with van der Waals surface area (Å²) >= 11 is 0. The van der Waals surface area contributed by atoms with E-state index in [9.17, 15) is 9.18 Å². The SMILES string of the molecule is Cc1cc(CNC(=O)CC(C)C(C)(C)C)ccc1F. The summed E-state index contributed by atoms with van der Waals surface area (Å²) in [6.07, 6.45) is 0.518. The lowest BCUT2D eigenvalue weighted by molar-refractivity contribution is -0.122. The van der Waals surface area contributed by atoms with Gasteiger partial charge in [0.25, 0.3) is 0 Å². The second-order valence-electron chi connectivity index (χ2n) is 6.33. The molecule has 3 heteroatoms. The molecule has 0 fully saturated rings. The van der Waals surface area contributed by atoms with Gasteiger partial charge >= 0.3 is 0 Å². The number of carbonyl (C=O) groups is 1. The molecule has 0 spiro atoms. The van der Waals surface area contributed by atoms with Crippen molar-refractivity contribution >= 4 is 5.91 Å². The van der Waals surface area contributed by atoms with Gasteiger partial charge in [-0.15, -0.1) is 0 Å². The highest BCUT2D eigenvalue weighted by molar-refractivity contribution is 5.76. The van der Waals surface area contributed by atoms with Gasteiger partial charge in [0.05, 0.1) is 0 Å². The second-order valence-corrected chi connectivity index (χ2v) is 6.33. The third kappa shape index (κ3) is 5.01.